The second-order valence-corrected chi connectivity index (χ2v) is 34.4. The Balaban J connectivity index is 0.000000131. The zero-order chi connectivity index (χ0) is 65.8. The number of aryl methyl sites for hydroxylation is 6. The molecule has 0 unspecified atom stereocenters. The zero-order valence-electron chi connectivity index (χ0n) is 55.8. The van der Waals surface area contributed by atoms with Crippen LogP contribution in [0.3, 0.4) is 0 Å². The quantitative estimate of drug-likeness (QED) is 0.0551. The topological polar surface area (TPSA) is 99.1 Å². The van der Waals surface area contributed by atoms with Gasteiger partial charge in [0.15, 0.2) is 50.7 Å². The summed E-state index contributed by atoms with van der Waals surface area (Å²) in [5, 5.41) is 8.87. The molecule has 0 aliphatic heterocycles. The first-order valence-electron chi connectivity index (χ1n) is 34.2. The second-order valence-electron chi connectivity index (χ2n) is 28.3. The van der Waals surface area contributed by atoms with Crippen molar-refractivity contribution in [1.29, 1.82) is 0 Å². The predicted octanol–water partition coefficient (Wildman–Crippen LogP) is 20.3. The van der Waals surface area contributed by atoms with Gasteiger partial charge in [-0.05, 0) is 266 Å². The van der Waals surface area contributed by atoms with Crippen LogP contribution in [-0.2, 0) is 47.1 Å². The van der Waals surface area contributed by atoms with E-state index in [1.165, 1.54) is 102 Å². The van der Waals surface area contributed by atoms with Gasteiger partial charge in [0.2, 0.25) is 0 Å². The van der Waals surface area contributed by atoms with E-state index in [9.17, 15) is 14.4 Å². The Hall–Kier alpha value is -7.76. The lowest BCUT2D eigenvalue weighted by molar-refractivity contribution is -0.161. The summed E-state index contributed by atoms with van der Waals surface area (Å²) < 4.78 is 17.9. The Morgan fingerprint density at radius 3 is 0.884 bits per heavy atom. The molecule has 8 saturated carbocycles. The van der Waals surface area contributed by atoms with Gasteiger partial charge in [-0.1, -0.05) is 109 Å². The van der Waals surface area contributed by atoms with Crippen molar-refractivity contribution in [2.45, 2.75) is 169 Å². The highest BCUT2D eigenvalue weighted by Gasteiger charge is 2.56. The van der Waals surface area contributed by atoms with E-state index in [4.69, 9.17) is 19.3 Å². The second kappa shape index (κ2) is 28.9. The van der Waals surface area contributed by atoms with Crippen LogP contribution in [-0.4, -0.2) is 29.6 Å². The van der Waals surface area contributed by atoms with Crippen molar-refractivity contribution in [3.05, 3.63) is 252 Å². The number of carboxylic acid groups (broad SMARTS) is 1. The van der Waals surface area contributed by atoms with Gasteiger partial charge in [0, 0.05) is 36.4 Å². The van der Waals surface area contributed by atoms with Gasteiger partial charge in [0.25, 0.3) is 0 Å². The molecule has 9 aromatic carbocycles. The lowest BCUT2D eigenvalue weighted by atomic mass is 9.49. The van der Waals surface area contributed by atoms with Gasteiger partial charge < -0.3 is 19.3 Å². The third-order valence-electron chi connectivity index (χ3n) is 20.8. The van der Waals surface area contributed by atoms with Crippen LogP contribution in [0.2, 0.25) is 0 Å². The summed E-state index contributed by atoms with van der Waals surface area (Å²) in [4.78, 5) is 49.1. The molecule has 0 amide bonds. The van der Waals surface area contributed by atoms with Crippen LogP contribution in [0.4, 0.5) is 0 Å². The number of ether oxygens (including phenoxy) is 3. The Morgan fingerprint density at radius 1 is 0.358 bits per heavy atom. The number of benzene rings is 9. The maximum atomic E-state index is 13.6. The molecule has 8 aliphatic carbocycles. The summed E-state index contributed by atoms with van der Waals surface area (Å²) in [5.74, 6) is 5.99. The van der Waals surface area contributed by atoms with E-state index in [1.54, 1.807) is 0 Å². The van der Waals surface area contributed by atoms with E-state index in [1.807, 2.05) is 26.0 Å². The molecule has 7 nitrogen and oxygen atoms in total. The molecule has 1 N–H and O–H groups in total. The standard InChI is InChI=1S/C32H35O2S.C31H33O2S.C22H20O3S/c1-22-13-29(35(27-9-5-3-6-10-27)28-11-7-4-8-12-28)14-23(2)31(22)34-30(33)21-32-18-24-15-25(19-32)17-26(16-24)20-32;1-21-13-28(34(26-9-5-3-6-10-26)27-11-7-4-8-12-27)14-22(2)29(21)33-30(32)31-18-23-15-24(19-31)17-25(16-23)20-31;1-16-13-20(14-17(2)22(16)25-15-21(23)24)26(18-9-5-3-6-10-18)19-11-7-4-8-12-19/h3-14,24-26H,15-21H2,1-2H3;3-14,23-25H,15-20H2,1-2H3;3-14H,15H2,1-2H3/q2*+1;/p+1. The minimum Gasteiger partial charge on any atom is -0.481 e. The fraction of sp³-hybridized carbons (Fsp3) is 0.329. The highest BCUT2D eigenvalue weighted by atomic mass is 32.2. The van der Waals surface area contributed by atoms with Gasteiger partial charge in [-0.2, -0.15) is 0 Å². The molecule has 8 fully saturated rings. The van der Waals surface area contributed by atoms with E-state index in [0.717, 1.165) is 99.6 Å². The number of hydrogen-bond acceptors (Lipinski definition) is 6. The summed E-state index contributed by atoms with van der Waals surface area (Å²) >= 11 is 0. The van der Waals surface area contributed by atoms with Crippen LogP contribution in [0.5, 0.6) is 17.2 Å². The summed E-state index contributed by atoms with van der Waals surface area (Å²) in [6.45, 7) is 12.0. The normalized spacial score (nSPS) is 22.5. The molecule has 0 atom stereocenters. The maximum Gasteiger partial charge on any atom is 0.341 e. The van der Waals surface area contributed by atoms with E-state index in [-0.39, 0.29) is 62.1 Å². The zero-order valence-corrected chi connectivity index (χ0v) is 58.2. The third kappa shape index (κ3) is 15.0. The first-order chi connectivity index (χ1) is 46.0. The van der Waals surface area contributed by atoms with Crippen molar-refractivity contribution < 1.29 is 33.7 Å². The number of rotatable bonds is 17. The summed E-state index contributed by atoms with van der Waals surface area (Å²) in [5.41, 5.74) is 6.07. The maximum absolute atomic E-state index is 13.6. The molecule has 0 radical (unpaired) electrons. The highest BCUT2D eigenvalue weighted by Crippen LogP contribution is 2.62. The minimum absolute atomic E-state index is 0.0315. The van der Waals surface area contributed by atoms with Crippen molar-refractivity contribution in [1.82, 2.24) is 0 Å². The van der Waals surface area contributed by atoms with Crippen LogP contribution >= 0.6 is 0 Å². The fourth-order valence-corrected chi connectivity index (χ4v) is 24.7. The monoisotopic (exact) mass is 1320 g/mol. The van der Waals surface area contributed by atoms with E-state index in [0.29, 0.717) is 12.2 Å². The van der Waals surface area contributed by atoms with Gasteiger partial charge in [-0.3, -0.25) is 9.59 Å². The Labute approximate surface area is 571 Å². The Kier molecular flexibility index (Phi) is 20.0. The van der Waals surface area contributed by atoms with Crippen molar-refractivity contribution in [3.63, 3.8) is 0 Å². The van der Waals surface area contributed by atoms with Crippen LogP contribution in [0, 0.1) is 87.9 Å². The molecule has 17 rings (SSSR count). The molecule has 10 heteroatoms. The molecule has 486 valence electrons. The largest absolute Gasteiger partial charge is 0.481 e. The Morgan fingerprint density at radius 2 is 0.611 bits per heavy atom. The van der Waals surface area contributed by atoms with Crippen molar-refractivity contribution in [2.75, 3.05) is 6.61 Å². The van der Waals surface area contributed by atoms with E-state index >= 15 is 0 Å². The lowest BCUT2D eigenvalue weighted by Crippen LogP contribution is -2.51. The fourth-order valence-electron chi connectivity index (χ4n) is 17.9. The third-order valence-corrected chi connectivity index (χ3v) is 27.4. The lowest BCUT2D eigenvalue weighted by Gasteiger charge is -2.56. The molecule has 0 spiro atoms. The molecule has 8 bridgehead atoms. The van der Waals surface area contributed by atoms with Crippen molar-refractivity contribution in [2.24, 2.45) is 46.3 Å². The van der Waals surface area contributed by atoms with Gasteiger partial charge in [0.05, 0.1) is 44.5 Å². The SMILES string of the molecule is Cc1cc([S+](c2ccccc2)c2ccccc2)cc(C)c1OC(=O)C12CC3CC(CC(C3)C1)C2.Cc1cc([S+](c2ccccc2)c2ccccc2)cc(C)c1OC(=O)CC12CC3CC(CC(C3)C1)C2.Cc1cc([S+](c2ccccc2)c2ccccc2)cc(C)c1OCC(=O)O. The number of carbonyl (C=O) groups is 3. The van der Waals surface area contributed by atoms with Crippen LogP contribution < -0.4 is 14.2 Å². The van der Waals surface area contributed by atoms with Crippen molar-refractivity contribution >= 4 is 50.6 Å². The summed E-state index contributed by atoms with van der Waals surface area (Å²) in [6.07, 6.45) is 15.6. The number of carbonyl (C=O) groups excluding carboxylic acids is 2. The predicted molar refractivity (Wildman–Crippen MR) is 383 cm³/mol. The molecule has 95 heavy (non-hydrogen) atoms. The van der Waals surface area contributed by atoms with E-state index < -0.39 is 5.97 Å². The average Bonchev–Trinajstić information content (AvgIpc) is 0.750. The van der Waals surface area contributed by atoms with Gasteiger partial charge in [-0.15, -0.1) is 0 Å². The van der Waals surface area contributed by atoms with Crippen LogP contribution in [0.25, 0.3) is 0 Å². The first kappa shape index (κ1) is 65.9. The first-order valence-corrected chi connectivity index (χ1v) is 37.9. The summed E-state index contributed by atoms with van der Waals surface area (Å²) in [6, 6.07) is 76.8. The minimum atomic E-state index is -0.971. The van der Waals surface area contributed by atoms with Gasteiger partial charge in [-0.25, -0.2) is 4.79 Å². The molecule has 8 aliphatic rings. The average molecular weight is 1320 g/mol. The van der Waals surface area contributed by atoms with Gasteiger partial charge >= 0.3 is 17.9 Å². The molecule has 9 aromatic rings. The van der Waals surface area contributed by atoms with Crippen LogP contribution in [0.15, 0.2) is 262 Å². The van der Waals surface area contributed by atoms with Crippen LogP contribution in [0.1, 0.15) is 117 Å². The molecular weight excluding hydrogens is 1230 g/mol. The number of carboxylic acids is 1. The number of esters is 2. The molecule has 0 aromatic heterocycles. The molecule has 0 heterocycles. The highest BCUT2D eigenvalue weighted by molar-refractivity contribution is 7.97. The van der Waals surface area contributed by atoms with E-state index in [2.05, 4.69) is 234 Å². The van der Waals surface area contributed by atoms with Crippen molar-refractivity contribution in [3.8, 4) is 17.2 Å². The smallest absolute Gasteiger partial charge is 0.341 e. The molecular formula is C85H89O7S3+3. The molecule has 0 saturated heterocycles. The number of hydrogen-bond donors (Lipinski definition) is 1. The Bertz CT molecular complexity index is 3900. The summed E-state index contributed by atoms with van der Waals surface area (Å²) in [7, 11) is -0.639. The van der Waals surface area contributed by atoms with Gasteiger partial charge in [0.1, 0.15) is 17.2 Å². The number of aliphatic carboxylic acids is 1.